The van der Waals surface area contributed by atoms with Gasteiger partial charge in [0.05, 0.1) is 12.7 Å². The van der Waals surface area contributed by atoms with Crippen LogP contribution in [0, 0.1) is 52.3 Å². The van der Waals surface area contributed by atoms with Crippen molar-refractivity contribution in [1.82, 2.24) is 0 Å². The zero-order valence-corrected chi connectivity index (χ0v) is 23.6. The summed E-state index contributed by atoms with van der Waals surface area (Å²) in [5.41, 5.74) is 0.0176. The lowest BCUT2D eigenvalue weighted by molar-refractivity contribution is -0.274. The Balaban J connectivity index is 1.32. The number of fused-ring (bicyclic) bond motifs is 7. The second kappa shape index (κ2) is 8.81. The van der Waals surface area contributed by atoms with Crippen LogP contribution in [0.1, 0.15) is 92.9 Å². The van der Waals surface area contributed by atoms with Crippen LogP contribution in [-0.4, -0.2) is 36.5 Å². The third kappa shape index (κ3) is 3.78. The van der Waals surface area contributed by atoms with Crippen molar-refractivity contribution in [2.24, 2.45) is 52.3 Å². The molecule has 6 aliphatic rings. The number of hydrogen-bond donors (Lipinski definition) is 0. The molecule has 5 fully saturated rings. The molecule has 2 aliphatic heterocycles. The van der Waals surface area contributed by atoms with Crippen LogP contribution in [0.15, 0.2) is 11.8 Å². The van der Waals surface area contributed by atoms with Crippen LogP contribution < -0.4 is 0 Å². The van der Waals surface area contributed by atoms with E-state index in [9.17, 15) is 9.59 Å². The van der Waals surface area contributed by atoms with Gasteiger partial charge in [0.2, 0.25) is 0 Å². The van der Waals surface area contributed by atoms with Crippen LogP contribution in [0.5, 0.6) is 0 Å². The first-order chi connectivity index (χ1) is 17.5. The second-order valence-corrected chi connectivity index (χ2v) is 14.0. The maximum Gasteiger partial charge on any atom is 0.307 e. The Morgan fingerprint density at radius 2 is 1.81 bits per heavy atom. The molecule has 0 aromatic carbocycles. The van der Waals surface area contributed by atoms with Crippen LogP contribution in [0.2, 0.25) is 0 Å². The molecule has 6 heteroatoms. The second-order valence-electron chi connectivity index (χ2n) is 14.0. The quantitative estimate of drug-likeness (QED) is 0.419. The smallest absolute Gasteiger partial charge is 0.307 e. The highest BCUT2D eigenvalue weighted by Gasteiger charge is 2.72. The molecular formula is C31H46O6. The van der Waals surface area contributed by atoms with E-state index in [1.54, 1.807) is 6.92 Å². The topological polar surface area (TPSA) is 71.1 Å². The fraction of sp³-hybridized carbons (Fsp3) is 0.871. The van der Waals surface area contributed by atoms with Gasteiger partial charge in [-0.2, -0.15) is 0 Å². The fourth-order valence-electron chi connectivity index (χ4n) is 10.4. The summed E-state index contributed by atoms with van der Waals surface area (Å²) in [5, 5.41) is 0. The van der Waals surface area contributed by atoms with Crippen LogP contribution in [0.25, 0.3) is 0 Å². The molecule has 206 valence electrons. The number of carbonyl (C=O) groups is 2. The summed E-state index contributed by atoms with van der Waals surface area (Å²) < 4.78 is 25.2. The molecule has 1 spiro atoms. The maximum absolute atomic E-state index is 12.5. The van der Waals surface area contributed by atoms with Crippen molar-refractivity contribution in [2.75, 3.05) is 6.61 Å². The Bertz CT molecular complexity index is 980. The lowest BCUT2D eigenvalue weighted by Gasteiger charge is -2.62. The van der Waals surface area contributed by atoms with E-state index in [2.05, 4.69) is 33.8 Å². The van der Waals surface area contributed by atoms with Crippen molar-refractivity contribution in [1.29, 1.82) is 0 Å². The van der Waals surface area contributed by atoms with Crippen molar-refractivity contribution >= 4 is 11.9 Å². The maximum atomic E-state index is 12.5. The predicted molar refractivity (Wildman–Crippen MR) is 138 cm³/mol. The summed E-state index contributed by atoms with van der Waals surface area (Å²) in [5.74, 6) is 3.22. The molecule has 6 rings (SSSR count). The molecule has 0 amide bonds. The first kappa shape index (κ1) is 25.9. The van der Waals surface area contributed by atoms with Gasteiger partial charge >= 0.3 is 11.9 Å². The van der Waals surface area contributed by atoms with E-state index in [-0.39, 0.29) is 40.9 Å². The standard InChI is InChI=1S/C31H46O6/c1-17-9-12-31(34-16-17)18(2)28-26(37-31)14-25-23-8-7-21-13-22(35-19(3)32)10-11-29(21,5)24(23)15-27(30(25,28)6)36-20(4)33/h10,17-18,21,23-28H,7-9,11-16H2,1-6H3/t17-,18+,21+,23-,24+,25+,26+,27-,28+,29+,30-,31-/m1/s1. The van der Waals surface area contributed by atoms with Gasteiger partial charge in [-0.15, -0.1) is 0 Å². The summed E-state index contributed by atoms with van der Waals surface area (Å²) >= 11 is 0. The van der Waals surface area contributed by atoms with E-state index < -0.39 is 5.79 Å². The van der Waals surface area contributed by atoms with Gasteiger partial charge in [-0.25, -0.2) is 0 Å². The van der Waals surface area contributed by atoms with E-state index in [1.165, 1.54) is 13.3 Å². The fourth-order valence-corrected chi connectivity index (χ4v) is 10.4. The molecule has 2 saturated heterocycles. The number of rotatable bonds is 2. The number of hydrogen-bond acceptors (Lipinski definition) is 6. The summed E-state index contributed by atoms with van der Waals surface area (Å²) in [6.07, 6.45) is 10.4. The molecule has 0 unspecified atom stereocenters. The zero-order valence-electron chi connectivity index (χ0n) is 23.6. The molecule has 0 aromatic heterocycles. The minimum Gasteiger partial charge on any atom is -0.462 e. The average Bonchev–Trinajstić information content (AvgIpc) is 3.27. The molecule has 2 heterocycles. The molecule has 6 nitrogen and oxygen atoms in total. The molecule has 12 atom stereocenters. The van der Waals surface area contributed by atoms with E-state index in [0.29, 0.717) is 35.5 Å². The third-order valence-electron chi connectivity index (χ3n) is 12.2. The monoisotopic (exact) mass is 514 g/mol. The minimum atomic E-state index is -0.474. The lowest BCUT2D eigenvalue weighted by Crippen LogP contribution is -2.59. The molecular weight excluding hydrogens is 468 g/mol. The van der Waals surface area contributed by atoms with E-state index in [4.69, 9.17) is 18.9 Å². The number of ether oxygens (including phenoxy) is 4. The number of allylic oxidation sites excluding steroid dienone is 2. The summed E-state index contributed by atoms with van der Waals surface area (Å²) in [6, 6.07) is 0. The molecule has 4 aliphatic carbocycles. The highest BCUT2D eigenvalue weighted by Crippen LogP contribution is 2.71. The highest BCUT2D eigenvalue weighted by atomic mass is 16.7. The highest BCUT2D eigenvalue weighted by molar-refractivity contribution is 5.67. The number of carbonyl (C=O) groups excluding carboxylic acids is 2. The normalized spacial score (nSPS) is 52.4. The molecule has 0 bridgehead atoms. The Morgan fingerprint density at radius 1 is 1.03 bits per heavy atom. The third-order valence-corrected chi connectivity index (χ3v) is 12.2. The van der Waals surface area contributed by atoms with E-state index in [1.807, 2.05) is 0 Å². The molecule has 37 heavy (non-hydrogen) atoms. The number of esters is 2. The van der Waals surface area contributed by atoms with Gasteiger partial charge in [-0.1, -0.05) is 27.7 Å². The Labute approximate surface area is 222 Å². The van der Waals surface area contributed by atoms with Gasteiger partial charge in [-0.3, -0.25) is 9.59 Å². The van der Waals surface area contributed by atoms with Crippen molar-refractivity contribution in [3.8, 4) is 0 Å². The van der Waals surface area contributed by atoms with Crippen molar-refractivity contribution < 1.29 is 28.5 Å². The van der Waals surface area contributed by atoms with Crippen LogP contribution in [-0.2, 0) is 28.5 Å². The molecule has 0 N–H and O–H groups in total. The van der Waals surface area contributed by atoms with Crippen molar-refractivity contribution in [3.05, 3.63) is 11.8 Å². The predicted octanol–water partition coefficient (Wildman–Crippen LogP) is 6.03. The Kier molecular flexibility index (Phi) is 6.15. The van der Waals surface area contributed by atoms with Crippen LogP contribution >= 0.6 is 0 Å². The average molecular weight is 515 g/mol. The summed E-state index contributed by atoms with van der Waals surface area (Å²) in [7, 11) is 0. The van der Waals surface area contributed by atoms with Gasteiger partial charge in [0.1, 0.15) is 11.9 Å². The molecule has 3 saturated carbocycles. The van der Waals surface area contributed by atoms with Gasteiger partial charge in [0.15, 0.2) is 5.79 Å². The van der Waals surface area contributed by atoms with Gasteiger partial charge < -0.3 is 18.9 Å². The lowest BCUT2D eigenvalue weighted by atomic mass is 9.44. The summed E-state index contributed by atoms with van der Waals surface area (Å²) in [4.78, 5) is 24.1. The zero-order chi connectivity index (χ0) is 26.3. The molecule has 0 radical (unpaired) electrons. The van der Waals surface area contributed by atoms with E-state index >= 15 is 0 Å². The first-order valence-corrected chi connectivity index (χ1v) is 14.8. The van der Waals surface area contributed by atoms with Crippen LogP contribution in [0.3, 0.4) is 0 Å². The largest absolute Gasteiger partial charge is 0.462 e. The first-order valence-electron chi connectivity index (χ1n) is 14.8. The summed E-state index contributed by atoms with van der Waals surface area (Å²) in [6.45, 7) is 13.3. The minimum absolute atomic E-state index is 0.107. The van der Waals surface area contributed by atoms with Gasteiger partial charge in [0.25, 0.3) is 0 Å². The Morgan fingerprint density at radius 3 is 2.49 bits per heavy atom. The van der Waals surface area contributed by atoms with E-state index in [0.717, 1.165) is 57.3 Å². The Hall–Kier alpha value is -1.40. The van der Waals surface area contributed by atoms with Crippen molar-refractivity contribution in [3.63, 3.8) is 0 Å². The molecule has 0 aromatic rings. The van der Waals surface area contributed by atoms with Crippen molar-refractivity contribution in [2.45, 2.75) is 111 Å². The van der Waals surface area contributed by atoms with Crippen LogP contribution in [0.4, 0.5) is 0 Å². The van der Waals surface area contributed by atoms with Gasteiger partial charge in [0, 0.05) is 43.9 Å². The SMILES string of the molecule is CC(=O)OC1=CC[C@@]2(C)[C@@H](CC[C@@H]3[C@@H]2C[C@@H](OC(C)=O)[C@]2(C)[C@@H]4[C@H](C[C@@H]32)O[C@]2(CC[C@@H](C)CO2)[C@H]4C)C1. The van der Waals surface area contributed by atoms with Gasteiger partial charge in [-0.05, 0) is 79.6 Å².